The fourth-order valence-corrected chi connectivity index (χ4v) is 2.10. The van der Waals surface area contributed by atoms with Gasteiger partial charge in [0.2, 0.25) is 0 Å². The monoisotopic (exact) mass is 299 g/mol. The summed E-state index contributed by atoms with van der Waals surface area (Å²) in [6.45, 7) is 1.76. The van der Waals surface area contributed by atoms with Crippen molar-refractivity contribution in [2.24, 2.45) is 7.05 Å². The van der Waals surface area contributed by atoms with E-state index in [4.69, 9.17) is 4.74 Å². The number of hydrogen-bond donors (Lipinski definition) is 1. The molecule has 0 radical (unpaired) electrons. The maximum Gasteiger partial charge on any atom is 0.418 e. The zero-order valence-corrected chi connectivity index (χ0v) is 11.9. The highest BCUT2D eigenvalue weighted by atomic mass is 19.4. The fraction of sp³-hybridized carbons (Fsp3) is 0.357. The Morgan fingerprint density at radius 2 is 2.05 bits per heavy atom. The molecular formula is C14H16F3N3O. The molecule has 0 spiro atoms. The van der Waals surface area contributed by atoms with Gasteiger partial charge in [0.05, 0.1) is 18.7 Å². The third kappa shape index (κ3) is 3.29. The van der Waals surface area contributed by atoms with Crippen LogP contribution in [0.1, 0.15) is 24.4 Å². The summed E-state index contributed by atoms with van der Waals surface area (Å²) in [7, 11) is 3.12. The van der Waals surface area contributed by atoms with E-state index < -0.39 is 11.7 Å². The van der Waals surface area contributed by atoms with Gasteiger partial charge in [0.25, 0.3) is 0 Å². The molecule has 0 aliphatic rings. The van der Waals surface area contributed by atoms with Crippen LogP contribution in [0.2, 0.25) is 0 Å². The molecule has 0 aliphatic carbocycles. The molecular weight excluding hydrogens is 283 g/mol. The predicted molar refractivity (Wildman–Crippen MR) is 73.2 cm³/mol. The maximum absolute atomic E-state index is 13.1. The van der Waals surface area contributed by atoms with E-state index in [1.165, 1.54) is 19.2 Å². The van der Waals surface area contributed by atoms with E-state index in [1.807, 2.05) is 0 Å². The Labute approximate surface area is 120 Å². The van der Waals surface area contributed by atoms with Crippen molar-refractivity contribution in [1.29, 1.82) is 0 Å². The Bertz CT molecular complexity index is 622. The standard InChI is InChI=1S/C14H16F3N3O/c1-9(13-18-6-7-20(13)2)19-12-5-4-10(21-3)8-11(12)14(15,16)17/h4-9,19H,1-3H3. The van der Waals surface area contributed by atoms with E-state index in [2.05, 4.69) is 10.3 Å². The first-order chi connectivity index (χ1) is 9.82. The Morgan fingerprint density at radius 3 is 2.57 bits per heavy atom. The second-order valence-corrected chi connectivity index (χ2v) is 4.67. The lowest BCUT2D eigenvalue weighted by Crippen LogP contribution is -2.16. The molecule has 0 saturated heterocycles. The summed E-state index contributed by atoms with van der Waals surface area (Å²) < 4.78 is 46.0. The van der Waals surface area contributed by atoms with Gasteiger partial charge in [-0.25, -0.2) is 4.98 Å². The highest BCUT2D eigenvalue weighted by Gasteiger charge is 2.34. The Morgan fingerprint density at radius 1 is 1.33 bits per heavy atom. The molecule has 1 heterocycles. The van der Waals surface area contributed by atoms with Crippen LogP contribution in [0.5, 0.6) is 5.75 Å². The lowest BCUT2D eigenvalue weighted by atomic mass is 10.1. The number of anilines is 1. The van der Waals surface area contributed by atoms with E-state index >= 15 is 0 Å². The highest BCUT2D eigenvalue weighted by molar-refractivity contribution is 5.56. The zero-order valence-electron chi connectivity index (χ0n) is 11.9. The molecule has 2 aromatic rings. The number of aromatic nitrogens is 2. The van der Waals surface area contributed by atoms with Crippen molar-refractivity contribution in [2.45, 2.75) is 19.1 Å². The van der Waals surface area contributed by atoms with Gasteiger partial charge >= 0.3 is 6.18 Å². The van der Waals surface area contributed by atoms with Gasteiger partial charge in [0.15, 0.2) is 0 Å². The van der Waals surface area contributed by atoms with Crippen LogP contribution in [-0.2, 0) is 13.2 Å². The highest BCUT2D eigenvalue weighted by Crippen LogP contribution is 2.38. The van der Waals surface area contributed by atoms with E-state index in [9.17, 15) is 13.2 Å². The summed E-state index contributed by atoms with van der Waals surface area (Å²) in [5.74, 6) is 0.816. The average Bonchev–Trinajstić information content (AvgIpc) is 2.84. The SMILES string of the molecule is COc1ccc(NC(C)c2nccn2C)c(C(F)(F)F)c1. The number of hydrogen-bond acceptors (Lipinski definition) is 3. The molecule has 1 aromatic carbocycles. The van der Waals surface area contributed by atoms with Gasteiger partial charge in [-0.2, -0.15) is 13.2 Å². The summed E-state index contributed by atoms with van der Waals surface area (Å²) >= 11 is 0. The lowest BCUT2D eigenvalue weighted by molar-refractivity contribution is -0.137. The topological polar surface area (TPSA) is 39.1 Å². The second kappa shape index (κ2) is 5.67. The van der Waals surface area contributed by atoms with Crippen LogP contribution in [0.3, 0.4) is 0 Å². The number of ether oxygens (including phenoxy) is 1. The van der Waals surface area contributed by atoms with Crippen LogP contribution in [0.4, 0.5) is 18.9 Å². The molecule has 0 fully saturated rings. The zero-order chi connectivity index (χ0) is 15.6. The Kier molecular flexibility index (Phi) is 4.11. The molecule has 1 aromatic heterocycles. The van der Waals surface area contributed by atoms with Crippen LogP contribution in [0, 0.1) is 0 Å². The summed E-state index contributed by atoms with van der Waals surface area (Å²) in [5.41, 5.74) is -0.762. The van der Waals surface area contributed by atoms with E-state index in [-0.39, 0.29) is 17.5 Å². The third-order valence-corrected chi connectivity index (χ3v) is 3.15. The van der Waals surface area contributed by atoms with Crippen LogP contribution in [-0.4, -0.2) is 16.7 Å². The first-order valence-corrected chi connectivity index (χ1v) is 6.32. The summed E-state index contributed by atoms with van der Waals surface area (Å²) in [6, 6.07) is 3.47. The Balaban J connectivity index is 2.33. The smallest absolute Gasteiger partial charge is 0.418 e. The fourth-order valence-electron chi connectivity index (χ4n) is 2.10. The quantitative estimate of drug-likeness (QED) is 0.937. The predicted octanol–water partition coefficient (Wildman–Crippen LogP) is 3.62. The molecule has 21 heavy (non-hydrogen) atoms. The van der Waals surface area contributed by atoms with Gasteiger partial charge < -0.3 is 14.6 Å². The van der Waals surface area contributed by atoms with Crippen molar-refractivity contribution in [1.82, 2.24) is 9.55 Å². The second-order valence-electron chi connectivity index (χ2n) is 4.67. The minimum atomic E-state index is -4.46. The van der Waals surface area contributed by atoms with Crippen molar-refractivity contribution in [2.75, 3.05) is 12.4 Å². The minimum absolute atomic E-state index is 0.00111. The van der Waals surface area contributed by atoms with Gasteiger partial charge in [-0.15, -0.1) is 0 Å². The molecule has 114 valence electrons. The summed E-state index contributed by atoms with van der Waals surface area (Å²) in [4.78, 5) is 4.13. The average molecular weight is 299 g/mol. The molecule has 0 aliphatic heterocycles. The molecule has 0 bridgehead atoms. The number of rotatable bonds is 4. The number of halogens is 3. The number of nitrogens with one attached hydrogen (secondary N) is 1. The molecule has 0 saturated carbocycles. The number of benzene rings is 1. The number of nitrogens with zero attached hydrogens (tertiary/aromatic N) is 2. The van der Waals surface area contributed by atoms with E-state index in [1.54, 1.807) is 30.9 Å². The molecule has 0 amide bonds. The van der Waals surface area contributed by atoms with Crippen LogP contribution < -0.4 is 10.1 Å². The van der Waals surface area contributed by atoms with Crippen LogP contribution in [0.25, 0.3) is 0 Å². The number of imidazole rings is 1. The first-order valence-electron chi connectivity index (χ1n) is 6.32. The minimum Gasteiger partial charge on any atom is -0.497 e. The normalized spacial score (nSPS) is 13.0. The lowest BCUT2D eigenvalue weighted by Gasteiger charge is -2.20. The van der Waals surface area contributed by atoms with Gasteiger partial charge in [-0.1, -0.05) is 0 Å². The summed E-state index contributed by atoms with van der Waals surface area (Å²) in [6.07, 6.45) is -1.11. The van der Waals surface area contributed by atoms with Crippen molar-refractivity contribution < 1.29 is 17.9 Å². The van der Waals surface area contributed by atoms with Crippen molar-refractivity contribution in [3.63, 3.8) is 0 Å². The van der Waals surface area contributed by atoms with Gasteiger partial charge in [0.1, 0.15) is 11.6 Å². The van der Waals surface area contributed by atoms with E-state index in [0.29, 0.717) is 5.82 Å². The number of methoxy groups -OCH3 is 1. The molecule has 4 nitrogen and oxygen atoms in total. The van der Waals surface area contributed by atoms with Gasteiger partial charge in [-0.3, -0.25) is 0 Å². The largest absolute Gasteiger partial charge is 0.497 e. The number of alkyl halides is 3. The van der Waals surface area contributed by atoms with Gasteiger partial charge in [0, 0.05) is 25.1 Å². The van der Waals surface area contributed by atoms with Crippen molar-refractivity contribution in [3.8, 4) is 5.75 Å². The molecule has 1 atom stereocenters. The molecule has 2 rings (SSSR count). The Hall–Kier alpha value is -2.18. The number of aryl methyl sites for hydroxylation is 1. The third-order valence-electron chi connectivity index (χ3n) is 3.15. The summed E-state index contributed by atoms with van der Waals surface area (Å²) in [5, 5.41) is 2.85. The van der Waals surface area contributed by atoms with Crippen molar-refractivity contribution in [3.05, 3.63) is 42.0 Å². The molecule has 1 N–H and O–H groups in total. The first kappa shape index (κ1) is 15.2. The van der Waals surface area contributed by atoms with Crippen molar-refractivity contribution >= 4 is 5.69 Å². The molecule has 1 unspecified atom stereocenters. The van der Waals surface area contributed by atoms with Crippen LogP contribution >= 0.6 is 0 Å². The van der Waals surface area contributed by atoms with Crippen LogP contribution in [0.15, 0.2) is 30.6 Å². The van der Waals surface area contributed by atoms with Gasteiger partial charge in [-0.05, 0) is 25.1 Å². The van der Waals surface area contributed by atoms with E-state index in [0.717, 1.165) is 6.07 Å². The molecule has 7 heteroatoms. The maximum atomic E-state index is 13.1.